The number of fused-ring (bicyclic) bond motifs is 1. The van der Waals surface area contributed by atoms with Crippen molar-refractivity contribution in [3.05, 3.63) is 30.0 Å². The van der Waals surface area contributed by atoms with E-state index in [9.17, 15) is 18.0 Å². The molecule has 2 saturated carbocycles. The first-order chi connectivity index (χ1) is 15.4. The molecule has 0 radical (unpaired) electrons. The van der Waals surface area contributed by atoms with Gasteiger partial charge >= 0.3 is 0 Å². The van der Waals surface area contributed by atoms with Crippen molar-refractivity contribution >= 4 is 29.0 Å². The second-order valence-electron chi connectivity index (χ2n) is 8.57. The topological polar surface area (TPSA) is 95.6 Å². The molecule has 0 atom stereocenters. The van der Waals surface area contributed by atoms with Crippen molar-refractivity contribution in [2.45, 2.75) is 63.0 Å². The fourth-order valence-electron chi connectivity index (χ4n) is 4.29. The lowest BCUT2D eigenvalue weighted by molar-refractivity contribution is -0.0361. The average Bonchev–Trinajstić information content (AvgIpc) is 3.18. The number of rotatable bonds is 6. The van der Waals surface area contributed by atoms with Crippen molar-refractivity contribution in [2.24, 2.45) is 0 Å². The van der Waals surface area contributed by atoms with Gasteiger partial charge in [0.05, 0.1) is 11.1 Å². The molecule has 7 nitrogen and oxygen atoms in total. The Bertz CT molecular complexity index is 1150. The van der Waals surface area contributed by atoms with E-state index in [1.807, 2.05) is 0 Å². The number of carbonyl (C=O) groups is 1. The van der Waals surface area contributed by atoms with Gasteiger partial charge in [0, 0.05) is 42.2 Å². The van der Waals surface area contributed by atoms with Crippen LogP contribution in [0, 0.1) is 5.82 Å². The summed E-state index contributed by atoms with van der Waals surface area (Å²) in [5, 5.41) is 7.04. The summed E-state index contributed by atoms with van der Waals surface area (Å²) in [6.07, 6.45) is 6.87. The van der Waals surface area contributed by atoms with Crippen molar-refractivity contribution in [3.63, 3.8) is 0 Å². The van der Waals surface area contributed by atoms with Gasteiger partial charge in [0.1, 0.15) is 17.8 Å². The Morgan fingerprint density at radius 2 is 1.78 bits per heavy atom. The molecule has 5 rings (SSSR count). The fourth-order valence-corrected chi connectivity index (χ4v) is 4.29. The maximum atomic E-state index is 14.7. The summed E-state index contributed by atoms with van der Waals surface area (Å²) in [5.74, 6) is -2.80. The normalized spacial score (nSPS) is 19.0. The standard InChI is InChI=1S/C22H23F3N6O/c23-16-8-12(10-32)18(31-19(16)29-14-4-6-22(24,25)7-5-14)15-9-26-20-17(15)21(28-11-27-20)30-13-2-1-3-13/h8-11,13-14H,1-7H2,(H,29,31)(H2,26,27,28,30). The molecule has 3 aromatic heterocycles. The van der Waals surface area contributed by atoms with Crippen molar-refractivity contribution in [2.75, 3.05) is 10.6 Å². The molecule has 2 fully saturated rings. The molecule has 32 heavy (non-hydrogen) atoms. The molecule has 2 aliphatic carbocycles. The maximum absolute atomic E-state index is 14.7. The predicted molar refractivity (Wildman–Crippen MR) is 115 cm³/mol. The molecular weight excluding hydrogens is 421 g/mol. The third-order valence-corrected chi connectivity index (χ3v) is 6.36. The average molecular weight is 444 g/mol. The predicted octanol–water partition coefficient (Wildman–Crippen LogP) is 4.93. The zero-order valence-electron chi connectivity index (χ0n) is 17.3. The zero-order chi connectivity index (χ0) is 22.3. The highest BCUT2D eigenvalue weighted by atomic mass is 19.3. The number of hydrogen-bond donors (Lipinski definition) is 3. The molecule has 0 amide bonds. The molecule has 0 spiro atoms. The number of aldehydes is 1. The first kappa shape index (κ1) is 20.7. The highest BCUT2D eigenvalue weighted by Crippen LogP contribution is 2.37. The molecule has 0 unspecified atom stereocenters. The van der Waals surface area contributed by atoms with Crippen LogP contribution in [-0.2, 0) is 0 Å². The summed E-state index contributed by atoms with van der Waals surface area (Å²) in [6.45, 7) is 0. The minimum Gasteiger partial charge on any atom is -0.367 e. The van der Waals surface area contributed by atoms with Gasteiger partial charge in [-0.1, -0.05) is 0 Å². The number of hydrogen-bond acceptors (Lipinski definition) is 6. The summed E-state index contributed by atoms with van der Waals surface area (Å²) >= 11 is 0. The molecule has 168 valence electrons. The number of halogens is 3. The van der Waals surface area contributed by atoms with E-state index < -0.39 is 11.7 Å². The van der Waals surface area contributed by atoms with Crippen molar-refractivity contribution in [1.29, 1.82) is 0 Å². The molecule has 0 bridgehead atoms. The largest absolute Gasteiger partial charge is 0.367 e. The van der Waals surface area contributed by atoms with Crippen LogP contribution < -0.4 is 10.6 Å². The van der Waals surface area contributed by atoms with E-state index in [1.165, 1.54) is 6.33 Å². The van der Waals surface area contributed by atoms with E-state index in [0.717, 1.165) is 25.3 Å². The third-order valence-electron chi connectivity index (χ3n) is 6.36. The van der Waals surface area contributed by atoms with Gasteiger partial charge in [0.25, 0.3) is 0 Å². The van der Waals surface area contributed by atoms with Gasteiger partial charge in [-0.2, -0.15) is 0 Å². The Hall–Kier alpha value is -3.17. The van der Waals surface area contributed by atoms with E-state index in [0.29, 0.717) is 34.7 Å². The summed E-state index contributed by atoms with van der Waals surface area (Å²) in [5.41, 5.74) is 1.51. The minimum absolute atomic E-state index is 0.0551. The van der Waals surface area contributed by atoms with E-state index in [4.69, 9.17) is 0 Å². The number of nitrogens with one attached hydrogen (secondary N) is 3. The van der Waals surface area contributed by atoms with Gasteiger partial charge in [-0.05, 0) is 38.2 Å². The quantitative estimate of drug-likeness (QED) is 0.467. The van der Waals surface area contributed by atoms with Gasteiger partial charge in [-0.15, -0.1) is 0 Å². The lowest BCUT2D eigenvalue weighted by Crippen LogP contribution is -2.32. The summed E-state index contributed by atoms with van der Waals surface area (Å²) in [4.78, 5) is 27.8. The van der Waals surface area contributed by atoms with E-state index in [2.05, 4.69) is 30.6 Å². The van der Waals surface area contributed by atoms with Crippen LogP contribution in [0.15, 0.2) is 18.6 Å². The van der Waals surface area contributed by atoms with Crippen LogP contribution in [-0.4, -0.2) is 44.2 Å². The first-order valence-corrected chi connectivity index (χ1v) is 10.8. The number of aromatic nitrogens is 4. The molecule has 0 aromatic carbocycles. The van der Waals surface area contributed by atoms with Crippen LogP contribution in [0.3, 0.4) is 0 Å². The van der Waals surface area contributed by atoms with Crippen LogP contribution in [0.2, 0.25) is 0 Å². The van der Waals surface area contributed by atoms with Gasteiger partial charge in [-0.25, -0.2) is 28.1 Å². The van der Waals surface area contributed by atoms with Gasteiger partial charge in [0.15, 0.2) is 17.9 Å². The van der Waals surface area contributed by atoms with Crippen LogP contribution in [0.4, 0.5) is 24.8 Å². The zero-order valence-corrected chi connectivity index (χ0v) is 17.3. The number of aromatic amines is 1. The fraction of sp³-hybridized carbons (Fsp3) is 0.455. The summed E-state index contributed by atoms with van der Waals surface area (Å²) < 4.78 is 41.7. The summed E-state index contributed by atoms with van der Waals surface area (Å²) in [6, 6.07) is 1.13. The van der Waals surface area contributed by atoms with Crippen LogP contribution in [0.1, 0.15) is 55.3 Å². The molecule has 3 aromatic rings. The molecule has 10 heteroatoms. The molecule has 2 aliphatic rings. The van der Waals surface area contributed by atoms with Gasteiger partial charge in [-0.3, -0.25) is 4.79 Å². The highest BCUT2D eigenvalue weighted by Gasteiger charge is 2.35. The minimum atomic E-state index is -2.68. The van der Waals surface area contributed by atoms with Crippen molar-refractivity contribution in [3.8, 4) is 11.3 Å². The number of carbonyl (C=O) groups excluding carboxylic acids is 1. The van der Waals surface area contributed by atoms with Crippen molar-refractivity contribution in [1.82, 2.24) is 19.9 Å². The third kappa shape index (κ3) is 3.89. The Morgan fingerprint density at radius 3 is 2.47 bits per heavy atom. The van der Waals surface area contributed by atoms with Crippen molar-refractivity contribution < 1.29 is 18.0 Å². The molecule has 0 saturated heterocycles. The lowest BCUT2D eigenvalue weighted by atomic mass is 9.92. The second-order valence-corrected chi connectivity index (χ2v) is 8.57. The SMILES string of the molecule is O=Cc1cc(F)c(NC2CCC(F)(F)CC2)nc1-c1c[nH]c2ncnc(NC3CCC3)c12. The maximum Gasteiger partial charge on any atom is 0.248 e. The lowest BCUT2D eigenvalue weighted by Gasteiger charge is -2.29. The van der Waals surface area contributed by atoms with E-state index in [1.54, 1.807) is 6.20 Å². The monoisotopic (exact) mass is 444 g/mol. The Labute approximate surface area is 182 Å². The second kappa shape index (κ2) is 8.07. The Morgan fingerprint density at radius 1 is 1.06 bits per heavy atom. The highest BCUT2D eigenvalue weighted by molar-refractivity contribution is 6.03. The molecule has 0 aliphatic heterocycles. The molecule has 3 heterocycles. The Balaban J connectivity index is 1.52. The molecule has 3 N–H and O–H groups in total. The van der Waals surface area contributed by atoms with Gasteiger partial charge in [0.2, 0.25) is 5.92 Å². The number of anilines is 2. The van der Waals surface area contributed by atoms with E-state index >= 15 is 0 Å². The van der Waals surface area contributed by atoms with Crippen LogP contribution in [0.5, 0.6) is 0 Å². The van der Waals surface area contributed by atoms with Crippen LogP contribution in [0.25, 0.3) is 22.3 Å². The molecular formula is C22H23F3N6O. The number of pyridine rings is 1. The Kier molecular flexibility index (Phi) is 5.22. The first-order valence-electron chi connectivity index (χ1n) is 10.8. The number of H-pyrrole nitrogens is 1. The number of nitrogens with zero attached hydrogens (tertiary/aromatic N) is 3. The summed E-state index contributed by atoms with van der Waals surface area (Å²) in [7, 11) is 0. The van der Waals surface area contributed by atoms with E-state index in [-0.39, 0.29) is 48.8 Å². The smallest absolute Gasteiger partial charge is 0.248 e. The van der Waals surface area contributed by atoms with Gasteiger partial charge < -0.3 is 15.6 Å². The van der Waals surface area contributed by atoms with Crippen LogP contribution >= 0.6 is 0 Å². The number of alkyl halides is 2.